The highest BCUT2D eigenvalue weighted by Crippen LogP contribution is 2.33. The van der Waals surface area contributed by atoms with E-state index in [4.69, 9.17) is 4.74 Å². The first kappa shape index (κ1) is 17.7. The van der Waals surface area contributed by atoms with E-state index < -0.39 is 17.7 Å². The van der Waals surface area contributed by atoms with Crippen LogP contribution < -0.4 is 10.6 Å². The molecule has 2 rings (SSSR count). The number of nitrogens with one attached hydrogen (secondary N) is 2. The van der Waals surface area contributed by atoms with Gasteiger partial charge in [-0.2, -0.15) is 0 Å². The summed E-state index contributed by atoms with van der Waals surface area (Å²) < 4.78 is 5.15. The average molecular weight is 334 g/mol. The normalized spacial score (nSPS) is 18.2. The fourth-order valence-corrected chi connectivity index (χ4v) is 2.31. The lowest BCUT2D eigenvalue weighted by Gasteiger charge is -2.22. The summed E-state index contributed by atoms with van der Waals surface area (Å²) in [5, 5.41) is 24.8. The van der Waals surface area contributed by atoms with Gasteiger partial charge in [-0.3, -0.25) is 4.79 Å². The number of phenolic OH excluding ortho intramolecular Hbond substituents is 2. The van der Waals surface area contributed by atoms with Gasteiger partial charge >= 0.3 is 6.09 Å². The zero-order valence-electron chi connectivity index (χ0n) is 13.9. The standard InChI is InChI=1S/C17H22N2O5/c1-17(2,3)24-16(23)19-12-8-7-10(9-18-15(12)22)11-5-4-6-13(20)14(11)21/h4-7,12,20-21H,8-9H2,1-3H3,(H,18,22)(H,19,23)/t12-/m0/s1. The minimum Gasteiger partial charge on any atom is -0.504 e. The second-order valence-corrected chi connectivity index (χ2v) is 6.55. The van der Waals surface area contributed by atoms with Crippen LogP contribution in [-0.2, 0) is 9.53 Å². The van der Waals surface area contributed by atoms with E-state index in [-0.39, 0.29) is 30.4 Å². The number of para-hydroxylation sites is 1. The van der Waals surface area contributed by atoms with Crippen molar-refractivity contribution in [3.05, 3.63) is 29.8 Å². The maximum Gasteiger partial charge on any atom is 0.408 e. The van der Waals surface area contributed by atoms with Crippen LogP contribution >= 0.6 is 0 Å². The number of amides is 2. The molecule has 130 valence electrons. The molecule has 0 unspecified atom stereocenters. The van der Waals surface area contributed by atoms with Gasteiger partial charge in [0.15, 0.2) is 11.5 Å². The lowest BCUT2D eigenvalue weighted by Crippen LogP contribution is -2.47. The van der Waals surface area contributed by atoms with Gasteiger partial charge in [-0.25, -0.2) is 4.79 Å². The summed E-state index contributed by atoms with van der Waals surface area (Å²) in [6.07, 6.45) is 1.32. The molecule has 0 aromatic heterocycles. The summed E-state index contributed by atoms with van der Waals surface area (Å²) in [5.74, 6) is -0.810. The summed E-state index contributed by atoms with van der Waals surface area (Å²) in [7, 11) is 0. The number of hydrogen-bond donors (Lipinski definition) is 4. The molecule has 0 saturated carbocycles. The Morgan fingerprint density at radius 3 is 2.71 bits per heavy atom. The van der Waals surface area contributed by atoms with Crippen molar-refractivity contribution >= 4 is 17.6 Å². The Labute approximate surface area is 140 Å². The molecule has 7 nitrogen and oxygen atoms in total. The van der Waals surface area contributed by atoms with Crippen LogP contribution in [0.15, 0.2) is 24.3 Å². The number of rotatable bonds is 2. The Bertz CT molecular complexity index is 676. The maximum atomic E-state index is 12.1. The van der Waals surface area contributed by atoms with E-state index in [0.717, 1.165) is 0 Å². The quantitative estimate of drug-likeness (QED) is 0.618. The van der Waals surface area contributed by atoms with Gasteiger partial charge in [0.25, 0.3) is 0 Å². The third-order valence-corrected chi connectivity index (χ3v) is 3.42. The van der Waals surface area contributed by atoms with Crippen molar-refractivity contribution in [2.75, 3.05) is 6.54 Å². The average Bonchev–Trinajstić information content (AvgIpc) is 2.63. The second-order valence-electron chi connectivity index (χ2n) is 6.55. The molecule has 0 bridgehead atoms. The van der Waals surface area contributed by atoms with Crippen LogP contribution in [0.25, 0.3) is 5.57 Å². The van der Waals surface area contributed by atoms with E-state index in [1.807, 2.05) is 0 Å². The largest absolute Gasteiger partial charge is 0.504 e. The molecule has 0 saturated heterocycles. The number of ether oxygens (including phenoxy) is 1. The highest BCUT2D eigenvalue weighted by atomic mass is 16.6. The third-order valence-electron chi connectivity index (χ3n) is 3.42. The van der Waals surface area contributed by atoms with Crippen molar-refractivity contribution < 1.29 is 24.5 Å². The Morgan fingerprint density at radius 1 is 1.33 bits per heavy atom. The molecular weight excluding hydrogens is 312 g/mol. The van der Waals surface area contributed by atoms with Crippen LogP contribution in [0.5, 0.6) is 11.5 Å². The number of aromatic hydroxyl groups is 2. The van der Waals surface area contributed by atoms with E-state index in [2.05, 4.69) is 10.6 Å². The van der Waals surface area contributed by atoms with E-state index >= 15 is 0 Å². The summed E-state index contributed by atoms with van der Waals surface area (Å²) in [6.45, 7) is 5.40. The highest BCUT2D eigenvalue weighted by Gasteiger charge is 2.26. The van der Waals surface area contributed by atoms with Gasteiger partial charge in [-0.1, -0.05) is 18.2 Å². The van der Waals surface area contributed by atoms with Crippen molar-refractivity contribution in [1.29, 1.82) is 0 Å². The number of phenols is 2. The van der Waals surface area contributed by atoms with Crippen molar-refractivity contribution in [3.8, 4) is 11.5 Å². The highest BCUT2D eigenvalue weighted by molar-refractivity contribution is 5.89. The molecule has 24 heavy (non-hydrogen) atoms. The number of benzene rings is 1. The van der Waals surface area contributed by atoms with Crippen molar-refractivity contribution in [2.45, 2.75) is 38.8 Å². The molecule has 0 aliphatic carbocycles. The fraction of sp³-hybridized carbons (Fsp3) is 0.412. The van der Waals surface area contributed by atoms with Crippen molar-refractivity contribution in [2.24, 2.45) is 0 Å². The van der Waals surface area contributed by atoms with E-state index in [0.29, 0.717) is 11.1 Å². The second kappa shape index (κ2) is 6.82. The molecule has 7 heteroatoms. The Balaban J connectivity index is 2.13. The number of alkyl carbamates (subject to hydrolysis) is 1. The molecule has 1 heterocycles. The first-order valence-corrected chi connectivity index (χ1v) is 7.65. The summed E-state index contributed by atoms with van der Waals surface area (Å²) >= 11 is 0. The fourth-order valence-electron chi connectivity index (χ4n) is 2.31. The molecule has 1 atom stereocenters. The minimum atomic E-state index is -0.767. The van der Waals surface area contributed by atoms with Gasteiger partial charge in [0, 0.05) is 12.1 Å². The first-order chi connectivity index (χ1) is 11.2. The van der Waals surface area contributed by atoms with Gasteiger partial charge in [-0.05, 0) is 38.8 Å². The predicted octanol–water partition coefficient (Wildman–Crippen LogP) is 1.89. The molecule has 1 aliphatic heterocycles. The molecule has 1 aromatic rings. The molecule has 0 radical (unpaired) electrons. The van der Waals surface area contributed by atoms with E-state index in [1.165, 1.54) is 6.07 Å². The SMILES string of the molecule is CC(C)(C)OC(=O)N[C@H]1CC=C(c2cccc(O)c2O)CNC1=O. The lowest BCUT2D eigenvalue weighted by atomic mass is 10.0. The summed E-state index contributed by atoms with van der Waals surface area (Å²) in [6, 6.07) is 3.86. The smallest absolute Gasteiger partial charge is 0.408 e. The third kappa shape index (κ3) is 4.41. The van der Waals surface area contributed by atoms with Gasteiger partial charge < -0.3 is 25.6 Å². The minimum absolute atomic E-state index is 0.183. The van der Waals surface area contributed by atoms with Gasteiger partial charge in [-0.15, -0.1) is 0 Å². The van der Waals surface area contributed by atoms with Gasteiger partial charge in [0.1, 0.15) is 11.6 Å². The van der Waals surface area contributed by atoms with Crippen LogP contribution in [0.4, 0.5) is 4.79 Å². The van der Waals surface area contributed by atoms with Crippen LogP contribution in [0.2, 0.25) is 0 Å². The predicted molar refractivity (Wildman–Crippen MR) is 88.5 cm³/mol. The lowest BCUT2D eigenvalue weighted by molar-refractivity contribution is -0.122. The van der Waals surface area contributed by atoms with Gasteiger partial charge in [0.2, 0.25) is 5.91 Å². The Hall–Kier alpha value is -2.70. The topological polar surface area (TPSA) is 108 Å². The molecule has 1 aromatic carbocycles. The summed E-state index contributed by atoms with van der Waals surface area (Å²) in [5.41, 5.74) is 0.443. The van der Waals surface area contributed by atoms with Crippen LogP contribution in [0.1, 0.15) is 32.8 Å². The Kier molecular flexibility index (Phi) is 5.02. The zero-order chi connectivity index (χ0) is 17.9. The summed E-state index contributed by atoms with van der Waals surface area (Å²) in [4.78, 5) is 23.9. The monoisotopic (exact) mass is 334 g/mol. The molecule has 0 fully saturated rings. The van der Waals surface area contributed by atoms with Gasteiger partial charge in [0.05, 0.1) is 0 Å². The van der Waals surface area contributed by atoms with Crippen LogP contribution in [0, 0.1) is 0 Å². The molecule has 1 aliphatic rings. The van der Waals surface area contributed by atoms with E-state index in [9.17, 15) is 19.8 Å². The number of carbonyl (C=O) groups excluding carboxylic acids is 2. The first-order valence-electron chi connectivity index (χ1n) is 7.65. The van der Waals surface area contributed by atoms with Crippen LogP contribution in [-0.4, -0.2) is 40.4 Å². The zero-order valence-corrected chi connectivity index (χ0v) is 13.9. The molecule has 0 spiro atoms. The number of carbonyl (C=O) groups is 2. The van der Waals surface area contributed by atoms with Crippen molar-refractivity contribution in [3.63, 3.8) is 0 Å². The number of hydrogen-bond acceptors (Lipinski definition) is 5. The van der Waals surface area contributed by atoms with Crippen LogP contribution in [0.3, 0.4) is 0 Å². The molecular formula is C17H22N2O5. The maximum absolute atomic E-state index is 12.1. The molecule has 2 amide bonds. The van der Waals surface area contributed by atoms with E-state index in [1.54, 1.807) is 39.0 Å². The van der Waals surface area contributed by atoms with Crippen molar-refractivity contribution in [1.82, 2.24) is 10.6 Å². The molecule has 4 N–H and O–H groups in total. The Morgan fingerprint density at radius 2 is 2.04 bits per heavy atom.